The molecule has 0 saturated heterocycles. The topological polar surface area (TPSA) is 90.5 Å². The smallest absolute Gasteiger partial charge is 0.256 e. The van der Waals surface area contributed by atoms with Gasteiger partial charge in [0.25, 0.3) is 5.91 Å². The summed E-state index contributed by atoms with van der Waals surface area (Å²) < 4.78 is 3.38. The first-order valence-electron chi connectivity index (χ1n) is 11.0. The number of rotatable bonds is 4. The van der Waals surface area contributed by atoms with Crippen molar-refractivity contribution in [3.05, 3.63) is 90.0 Å². The van der Waals surface area contributed by atoms with Crippen molar-refractivity contribution in [3.8, 4) is 11.5 Å². The Morgan fingerprint density at radius 3 is 2.38 bits per heavy atom. The fourth-order valence-electron chi connectivity index (χ4n) is 3.82. The summed E-state index contributed by atoms with van der Waals surface area (Å²) in [6.07, 6.45) is 3.19. The number of aromatic nitrogens is 6. The van der Waals surface area contributed by atoms with Crippen molar-refractivity contribution >= 4 is 22.8 Å². The number of carbonyl (C=O) groups is 1. The van der Waals surface area contributed by atoms with Gasteiger partial charge in [-0.25, -0.2) is 14.6 Å². The predicted molar refractivity (Wildman–Crippen MR) is 132 cm³/mol. The molecule has 2 aromatic carbocycles. The molecule has 0 unspecified atom stereocenters. The zero-order chi connectivity index (χ0) is 23.9. The molecule has 3 aromatic heterocycles. The van der Waals surface area contributed by atoms with E-state index in [1.807, 2.05) is 67.6 Å². The van der Waals surface area contributed by atoms with Gasteiger partial charge in [0.2, 0.25) is 0 Å². The third-order valence-corrected chi connectivity index (χ3v) is 5.63. The fraction of sp³-hybridized carbons (Fsp3) is 0.192. The lowest BCUT2D eigenvalue weighted by molar-refractivity contribution is 0.102. The first kappa shape index (κ1) is 21.5. The second kappa shape index (κ2) is 8.22. The van der Waals surface area contributed by atoms with Gasteiger partial charge in [0.15, 0.2) is 11.5 Å². The molecule has 5 aromatic rings. The zero-order valence-electron chi connectivity index (χ0n) is 19.5. The number of hydrogen-bond donors (Lipinski definition) is 1. The van der Waals surface area contributed by atoms with Gasteiger partial charge in [0.1, 0.15) is 12.1 Å². The quantitative estimate of drug-likeness (QED) is 0.421. The number of para-hydroxylation sites is 1. The molecule has 170 valence electrons. The molecular formula is C26H25N7O. The maximum Gasteiger partial charge on any atom is 0.256 e. The van der Waals surface area contributed by atoms with Gasteiger partial charge in [0, 0.05) is 11.6 Å². The van der Waals surface area contributed by atoms with E-state index in [-0.39, 0.29) is 11.3 Å². The Bertz CT molecular complexity index is 1480. The van der Waals surface area contributed by atoms with E-state index >= 15 is 0 Å². The molecule has 0 aliphatic heterocycles. The molecule has 5 rings (SSSR count). The lowest BCUT2D eigenvalue weighted by atomic mass is 9.87. The summed E-state index contributed by atoms with van der Waals surface area (Å²) in [5.74, 6) is 0.848. The van der Waals surface area contributed by atoms with Crippen LogP contribution in [0.2, 0.25) is 0 Å². The molecule has 0 atom stereocenters. The predicted octanol–water partition coefficient (Wildman–Crippen LogP) is 4.86. The average molecular weight is 452 g/mol. The van der Waals surface area contributed by atoms with Crippen LogP contribution in [-0.2, 0) is 5.41 Å². The molecule has 0 saturated carbocycles. The van der Waals surface area contributed by atoms with Crippen LogP contribution in [0.3, 0.4) is 0 Å². The third kappa shape index (κ3) is 3.94. The number of hydrogen-bond acceptors (Lipinski definition) is 5. The standard InChI is InChI=1S/C26H25N7O/c1-17-14-22(30-25(34)18-10-12-19(13-11-18)26(2,3)4)33(31-17)24-21-15-29-32(23(21)27-16-28-24)20-8-6-5-7-9-20/h5-16H,1-4H3,(H,30,34). The minimum Gasteiger partial charge on any atom is -0.306 e. The zero-order valence-corrected chi connectivity index (χ0v) is 19.5. The fourth-order valence-corrected chi connectivity index (χ4v) is 3.82. The van der Waals surface area contributed by atoms with E-state index in [0.29, 0.717) is 22.8 Å². The van der Waals surface area contributed by atoms with Gasteiger partial charge in [-0.15, -0.1) is 0 Å². The normalized spacial score (nSPS) is 11.6. The Morgan fingerprint density at radius 1 is 0.941 bits per heavy atom. The molecule has 1 amide bonds. The van der Waals surface area contributed by atoms with Crippen molar-refractivity contribution < 1.29 is 4.79 Å². The Balaban J connectivity index is 1.50. The number of anilines is 1. The molecule has 0 bridgehead atoms. The lowest BCUT2D eigenvalue weighted by Crippen LogP contribution is -2.17. The average Bonchev–Trinajstić information content (AvgIpc) is 3.42. The van der Waals surface area contributed by atoms with Gasteiger partial charge in [-0.1, -0.05) is 51.1 Å². The van der Waals surface area contributed by atoms with Gasteiger partial charge in [0.05, 0.1) is 23.0 Å². The molecule has 3 heterocycles. The highest BCUT2D eigenvalue weighted by Gasteiger charge is 2.19. The van der Waals surface area contributed by atoms with E-state index in [0.717, 1.165) is 16.8 Å². The van der Waals surface area contributed by atoms with Crippen molar-refractivity contribution in [3.63, 3.8) is 0 Å². The monoisotopic (exact) mass is 451 g/mol. The highest BCUT2D eigenvalue weighted by molar-refractivity contribution is 6.04. The molecule has 8 nitrogen and oxygen atoms in total. The summed E-state index contributed by atoms with van der Waals surface area (Å²) in [5.41, 5.74) is 4.06. The highest BCUT2D eigenvalue weighted by atomic mass is 16.1. The summed E-state index contributed by atoms with van der Waals surface area (Å²) in [5, 5.41) is 12.8. The molecule has 0 aliphatic carbocycles. The van der Waals surface area contributed by atoms with Crippen LogP contribution in [0.5, 0.6) is 0 Å². The Kier molecular flexibility index (Phi) is 5.20. The summed E-state index contributed by atoms with van der Waals surface area (Å²) in [6, 6.07) is 19.3. The second-order valence-corrected chi connectivity index (χ2v) is 9.19. The minimum atomic E-state index is -0.216. The van der Waals surface area contributed by atoms with E-state index < -0.39 is 0 Å². The van der Waals surface area contributed by atoms with E-state index in [2.05, 4.69) is 46.3 Å². The van der Waals surface area contributed by atoms with Gasteiger partial charge in [-0.3, -0.25) is 4.79 Å². The molecular weight excluding hydrogens is 426 g/mol. The number of carbonyl (C=O) groups excluding carboxylic acids is 1. The summed E-state index contributed by atoms with van der Waals surface area (Å²) in [6.45, 7) is 8.31. The van der Waals surface area contributed by atoms with Crippen molar-refractivity contribution in [2.45, 2.75) is 33.1 Å². The van der Waals surface area contributed by atoms with E-state index in [1.54, 1.807) is 15.6 Å². The SMILES string of the molecule is Cc1cc(NC(=O)c2ccc(C(C)(C)C)cc2)n(-c2ncnc3c2cnn3-c2ccccc2)n1. The first-order chi connectivity index (χ1) is 16.3. The lowest BCUT2D eigenvalue weighted by Gasteiger charge is -2.19. The number of amides is 1. The Hall–Kier alpha value is -4.33. The van der Waals surface area contributed by atoms with Crippen LogP contribution in [0.4, 0.5) is 5.82 Å². The van der Waals surface area contributed by atoms with Gasteiger partial charge in [-0.05, 0) is 42.2 Å². The second-order valence-electron chi connectivity index (χ2n) is 9.19. The van der Waals surface area contributed by atoms with Crippen molar-refractivity contribution in [2.75, 3.05) is 5.32 Å². The van der Waals surface area contributed by atoms with Crippen molar-refractivity contribution in [1.29, 1.82) is 0 Å². The van der Waals surface area contributed by atoms with Crippen LogP contribution in [0.15, 0.2) is 73.2 Å². The van der Waals surface area contributed by atoms with E-state index in [4.69, 9.17) is 0 Å². The number of nitrogens with one attached hydrogen (secondary N) is 1. The minimum absolute atomic E-state index is 0.0211. The highest BCUT2D eigenvalue weighted by Crippen LogP contribution is 2.25. The van der Waals surface area contributed by atoms with Crippen LogP contribution in [-0.4, -0.2) is 35.4 Å². The molecule has 0 spiro atoms. The van der Waals surface area contributed by atoms with Crippen LogP contribution in [0.25, 0.3) is 22.5 Å². The molecule has 34 heavy (non-hydrogen) atoms. The molecule has 8 heteroatoms. The Labute approximate surface area is 197 Å². The summed E-state index contributed by atoms with van der Waals surface area (Å²) in [4.78, 5) is 21.9. The maximum absolute atomic E-state index is 13.0. The number of fused-ring (bicyclic) bond motifs is 1. The first-order valence-corrected chi connectivity index (χ1v) is 11.0. The van der Waals surface area contributed by atoms with Gasteiger partial charge in [-0.2, -0.15) is 14.9 Å². The van der Waals surface area contributed by atoms with Crippen LogP contribution in [0.1, 0.15) is 42.4 Å². The van der Waals surface area contributed by atoms with Crippen LogP contribution < -0.4 is 5.32 Å². The largest absolute Gasteiger partial charge is 0.306 e. The molecule has 0 fully saturated rings. The van der Waals surface area contributed by atoms with Crippen LogP contribution in [0, 0.1) is 6.92 Å². The van der Waals surface area contributed by atoms with Crippen molar-refractivity contribution in [1.82, 2.24) is 29.5 Å². The Morgan fingerprint density at radius 2 is 1.68 bits per heavy atom. The summed E-state index contributed by atoms with van der Waals surface area (Å²) in [7, 11) is 0. The number of benzene rings is 2. The van der Waals surface area contributed by atoms with Gasteiger partial charge >= 0.3 is 0 Å². The molecule has 0 radical (unpaired) electrons. The summed E-state index contributed by atoms with van der Waals surface area (Å²) >= 11 is 0. The van der Waals surface area contributed by atoms with E-state index in [1.165, 1.54) is 11.9 Å². The van der Waals surface area contributed by atoms with Gasteiger partial charge < -0.3 is 5.32 Å². The molecule has 1 N–H and O–H groups in total. The van der Waals surface area contributed by atoms with Crippen LogP contribution >= 0.6 is 0 Å². The number of aryl methyl sites for hydroxylation is 1. The third-order valence-electron chi connectivity index (χ3n) is 5.63. The maximum atomic E-state index is 13.0. The van der Waals surface area contributed by atoms with Crippen molar-refractivity contribution in [2.24, 2.45) is 0 Å². The van der Waals surface area contributed by atoms with E-state index in [9.17, 15) is 4.79 Å². The molecule has 0 aliphatic rings. The number of nitrogens with zero attached hydrogens (tertiary/aromatic N) is 6.